The third-order valence-electron chi connectivity index (χ3n) is 3.84. The summed E-state index contributed by atoms with van der Waals surface area (Å²) >= 11 is 12.0. The summed E-state index contributed by atoms with van der Waals surface area (Å²) in [5, 5.41) is 4.16. The van der Waals surface area contributed by atoms with E-state index in [0.29, 0.717) is 28.6 Å². The molecule has 3 aromatic rings. The molecule has 0 saturated carbocycles. The first-order chi connectivity index (χ1) is 12.0. The van der Waals surface area contributed by atoms with Gasteiger partial charge in [-0.25, -0.2) is 0 Å². The minimum Gasteiger partial charge on any atom is -0.461 e. The molecule has 0 bridgehead atoms. The summed E-state index contributed by atoms with van der Waals surface area (Å²) in [5.74, 6) is 1.45. The van der Waals surface area contributed by atoms with Crippen LogP contribution < -0.4 is 5.32 Å². The molecule has 0 fully saturated rings. The minimum atomic E-state index is -0.0793. The molecule has 2 aromatic carbocycles. The van der Waals surface area contributed by atoms with Crippen LogP contribution in [0, 0.1) is 6.92 Å². The fourth-order valence-electron chi connectivity index (χ4n) is 2.41. The Balaban J connectivity index is 1.57. The Labute approximate surface area is 156 Å². The van der Waals surface area contributed by atoms with Crippen molar-refractivity contribution in [3.63, 3.8) is 0 Å². The monoisotopic (exact) mass is 373 g/mol. The van der Waals surface area contributed by atoms with E-state index in [4.69, 9.17) is 27.6 Å². The summed E-state index contributed by atoms with van der Waals surface area (Å²) < 4.78 is 5.80. The number of aryl methyl sites for hydroxylation is 2. The van der Waals surface area contributed by atoms with Crippen molar-refractivity contribution in [3.8, 4) is 11.3 Å². The van der Waals surface area contributed by atoms with Gasteiger partial charge in [0, 0.05) is 34.1 Å². The maximum Gasteiger partial charge on any atom is 0.224 e. The average Bonchev–Trinajstić information content (AvgIpc) is 3.06. The summed E-state index contributed by atoms with van der Waals surface area (Å²) in [7, 11) is 0. The molecule has 0 radical (unpaired) electrons. The number of amides is 1. The van der Waals surface area contributed by atoms with Crippen molar-refractivity contribution in [1.29, 1.82) is 0 Å². The summed E-state index contributed by atoms with van der Waals surface area (Å²) in [6.45, 7) is 1.92. The van der Waals surface area contributed by atoms with Crippen LogP contribution in [0.4, 0.5) is 5.69 Å². The van der Waals surface area contributed by atoms with E-state index in [1.807, 2.05) is 55.5 Å². The molecule has 1 aromatic heterocycles. The van der Waals surface area contributed by atoms with Crippen LogP contribution in [0.15, 0.2) is 59.0 Å². The van der Waals surface area contributed by atoms with Gasteiger partial charge in [0.2, 0.25) is 5.91 Å². The molecule has 0 aliphatic rings. The van der Waals surface area contributed by atoms with Crippen molar-refractivity contribution in [3.05, 3.63) is 76.0 Å². The SMILES string of the molecule is Cc1ccc(NC(=O)CCc2ccc(-c3ccc(Cl)cc3)o2)cc1Cl. The average molecular weight is 374 g/mol. The Morgan fingerprint density at radius 2 is 1.80 bits per heavy atom. The van der Waals surface area contributed by atoms with E-state index < -0.39 is 0 Å². The molecule has 1 amide bonds. The highest BCUT2D eigenvalue weighted by Gasteiger charge is 2.08. The Morgan fingerprint density at radius 3 is 2.52 bits per heavy atom. The van der Waals surface area contributed by atoms with Crippen molar-refractivity contribution in [2.75, 3.05) is 5.32 Å². The zero-order valence-electron chi connectivity index (χ0n) is 13.7. The maximum absolute atomic E-state index is 12.1. The second-order valence-electron chi connectivity index (χ2n) is 5.78. The number of nitrogens with one attached hydrogen (secondary N) is 1. The van der Waals surface area contributed by atoms with Gasteiger partial charge in [0.15, 0.2) is 0 Å². The molecule has 1 heterocycles. The van der Waals surface area contributed by atoms with Gasteiger partial charge < -0.3 is 9.73 Å². The lowest BCUT2D eigenvalue weighted by molar-refractivity contribution is -0.116. The van der Waals surface area contributed by atoms with Gasteiger partial charge in [-0.15, -0.1) is 0 Å². The van der Waals surface area contributed by atoms with Gasteiger partial charge in [-0.2, -0.15) is 0 Å². The van der Waals surface area contributed by atoms with Crippen LogP contribution >= 0.6 is 23.2 Å². The van der Waals surface area contributed by atoms with Crippen LogP contribution in [0.25, 0.3) is 11.3 Å². The standard InChI is InChI=1S/C20H17Cl2NO2/c1-13-2-7-16(12-18(13)22)23-20(24)11-9-17-8-10-19(25-17)14-3-5-15(21)6-4-14/h2-8,10,12H,9,11H2,1H3,(H,23,24). The first-order valence-corrected chi connectivity index (χ1v) is 8.67. The third kappa shape index (κ3) is 4.65. The predicted octanol–water partition coefficient (Wildman–Crippen LogP) is 6.13. The highest BCUT2D eigenvalue weighted by atomic mass is 35.5. The molecule has 0 aliphatic carbocycles. The van der Waals surface area contributed by atoms with Crippen LogP contribution in [-0.4, -0.2) is 5.91 Å². The molecule has 3 rings (SSSR count). The van der Waals surface area contributed by atoms with Crippen molar-refractivity contribution in [1.82, 2.24) is 0 Å². The van der Waals surface area contributed by atoms with Crippen LogP contribution in [-0.2, 0) is 11.2 Å². The first-order valence-electron chi connectivity index (χ1n) is 7.92. The van der Waals surface area contributed by atoms with E-state index in [1.165, 1.54) is 0 Å². The summed E-state index contributed by atoms with van der Waals surface area (Å²) in [5.41, 5.74) is 2.63. The molecule has 0 saturated heterocycles. The fraction of sp³-hybridized carbons (Fsp3) is 0.150. The number of hydrogen-bond acceptors (Lipinski definition) is 2. The molecule has 128 valence electrons. The smallest absolute Gasteiger partial charge is 0.224 e. The Morgan fingerprint density at radius 1 is 1.04 bits per heavy atom. The van der Waals surface area contributed by atoms with Gasteiger partial charge in [-0.05, 0) is 61.0 Å². The van der Waals surface area contributed by atoms with Gasteiger partial charge in [0.25, 0.3) is 0 Å². The molecule has 0 spiro atoms. The number of anilines is 1. The zero-order valence-corrected chi connectivity index (χ0v) is 15.2. The number of carbonyl (C=O) groups is 1. The molecule has 5 heteroatoms. The largest absolute Gasteiger partial charge is 0.461 e. The maximum atomic E-state index is 12.1. The van der Waals surface area contributed by atoms with E-state index in [0.717, 1.165) is 22.6 Å². The number of hydrogen-bond donors (Lipinski definition) is 1. The molecule has 0 unspecified atom stereocenters. The summed E-state index contributed by atoms with van der Waals surface area (Å²) in [6, 6.07) is 16.7. The lowest BCUT2D eigenvalue weighted by Gasteiger charge is -2.06. The van der Waals surface area contributed by atoms with Gasteiger partial charge in [-0.3, -0.25) is 4.79 Å². The number of benzene rings is 2. The molecular formula is C20H17Cl2NO2. The van der Waals surface area contributed by atoms with Crippen LogP contribution in [0.5, 0.6) is 0 Å². The molecule has 0 atom stereocenters. The number of halogens is 2. The Kier molecular flexibility index (Phi) is 5.47. The molecule has 3 nitrogen and oxygen atoms in total. The lowest BCUT2D eigenvalue weighted by atomic mass is 10.2. The van der Waals surface area contributed by atoms with Crippen molar-refractivity contribution < 1.29 is 9.21 Å². The highest BCUT2D eigenvalue weighted by Crippen LogP contribution is 2.24. The van der Waals surface area contributed by atoms with Gasteiger partial charge >= 0.3 is 0 Å². The summed E-state index contributed by atoms with van der Waals surface area (Å²) in [6.07, 6.45) is 0.859. The Bertz CT molecular complexity index is 885. The molecular weight excluding hydrogens is 357 g/mol. The van der Waals surface area contributed by atoms with Crippen LogP contribution in [0.2, 0.25) is 10.0 Å². The van der Waals surface area contributed by atoms with Crippen molar-refractivity contribution >= 4 is 34.8 Å². The van der Waals surface area contributed by atoms with E-state index in [2.05, 4.69) is 5.32 Å². The zero-order chi connectivity index (χ0) is 17.8. The predicted molar refractivity (Wildman–Crippen MR) is 102 cm³/mol. The topological polar surface area (TPSA) is 42.2 Å². The van der Waals surface area contributed by atoms with Crippen LogP contribution in [0.3, 0.4) is 0 Å². The second-order valence-corrected chi connectivity index (χ2v) is 6.63. The van der Waals surface area contributed by atoms with Gasteiger partial charge in [0.05, 0.1) is 0 Å². The second kappa shape index (κ2) is 7.77. The molecule has 1 N–H and O–H groups in total. The third-order valence-corrected chi connectivity index (χ3v) is 4.50. The van der Waals surface area contributed by atoms with E-state index in [1.54, 1.807) is 6.07 Å². The first kappa shape index (κ1) is 17.6. The minimum absolute atomic E-state index is 0.0793. The number of rotatable bonds is 5. The normalized spacial score (nSPS) is 10.7. The van der Waals surface area contributed by atoms with Crippen molar-refractivity contribution in [2.45, 2.75) is 19.8 Å². The van der Waals surface area contributed by atoms with Crippen LogP contribution in [0.1, 0.15) is 17.7 Å². The molecule has 0 aliphatic heterocycles. The number of furan rings is 1. The van der Waals surface area contributed by atoms with E-state index in [-0.39, 0.29) is 5.91 Å². The fourth-order valence-corrected chi connectivity index (χ4v) is 2.72. The van der Waals surface area contributed by atoms with Gasteiger partial charge in [-0.1, -0.05) is 29.3 Å². The van der Waals surface area contributed by atoms with E-state index in [9.17, 15) is 4.79 Å². The highest BCUT2D eigenvalue weighted by molar-refractivity contribution is 6.31. The quantitative estimate of drug-likeness (QED) is 0.583. The lowest BCUT2D eigenvalue weighted by Crippen LogP contribution is -2.12. The summed E-state index contributed by atoms with van der Waals surface area (Å²) in [4.78, 5) is 12.1. The van der Waals surface area contributed by atoms with Gasteiger partial charge in [0.1, 0.15) is 11.5 Å². The van der Waals surface area contributed by atoms with E-state index >= 15 is 0 Å². The molecule has 25 heavy (non-hydrogen) atoms. The van der Waals surface area contributed by atoms with Crippen molar-refractivity contribution in [2.24, 2.45) is 0 Å². The Hall–Kier alpha value is -2.23. The number of carbonyl (C=O) groups excluding carboxylic acids is 1.